The lowest BCUT2D eigenvalue weighted by Gasteiger charge is -2.45. The first-order valence-electron chi connectivity index (χ1n) is 8.30. The van der Waals surface area contributed by atoms with Crippen LogP contribution >= 0.6 is 0 Å². The van der Waals surface area contributed by atoms with Crippen LogP contribution < -0.4 is 5.73 Å². The van der Waals surface area contributed by atoms with Gasteiger partial charge in [-0.05, 0) is 44.3 Å². The molecule has 0 saturated carbocycles. The van der Waals surface area contributed by atoms with Crippen LogP contribution in [0.4, 0.5) is 0 Å². The van der Waals surface area contributed by atoms with Crippen molar-refractivity contribution in [3.63, 3.8) is 0 Å². The summed E-state index contributed by atoms with van der Waals surface area (Å²) in [6.07, 6.45) is 7.36. The van der Waals surface area contributed by atoms with Crippen molar-refractivity contribution in [2.75, 3.05) is 13.1 Å². The fourth-order valence-electron chi connectivity index (χ4n) is 3.84. The van der Waals surface area contributed by atoms with Crippen molar-refractivity contribution in [2.45, 2.75) is 64.0 Å². The third-order valence-electron chi connectivity index (χ3n) is 4.79. The van der Waals surface area contributed by atoms with Gasteiger partial charge in [0.1, 0.15) is 0 Å². The van der Waals surface area contributed by atoms with E-state index in [9.17, 15) is 0 Å². The molecule has 1 aromatic rings. The SMILES string of the molecule is CCCC(N)(c1ccccc1)C(CC)N1CCCCC1. The molecule has 1 heterocycles. The van der Waals surface area contributed by atoms with Crippen molar-refractivity contribution in [3.8, 4) is 0 Å². The van der Waals surface area contributed by atoms with Crippen molar-refractivity contribution >= 4 is 0 Å². The predicted octanol–water partition coefficient (Wildman–Crippen LogP) is 3.91. The van der Waals surface area contributed by atoms with Gasteiger partial charge in [0.15, 0.2) is 0 Å². The molecule has 1 aliphatic rings. The van der Waals surface area contributed by atoms with Gasteiger partial charge < -0.3 is 5.73 Å². The monoisotopic (exact) mass is 274 g/mol. The Labute approximate surface area is 124 Å². The highest BCUT2D eigenvalue weighted by atomic mass is 15.2. The van der Waals surface area contributed by atoms with Crippen molar-refractivity contribution in [1.82, 2.24) is 4.90 Å². The molecule has 0 aromatic heterocycles. The molecule has 1 aliphatic heterocycles. The number of nitrogens with zero attached hydrogens (tertiary/aromatic N) is 1. The first-order chi connectivity index (χ1) is 9.72. The minimum atomic E-state index is -0.206. The molecule has 0 radical (unpaired) electrons. The van der Waals surface area contributed by atoms with E-state index in [1.807, 2.05) is 0 Å². The molecule has 112 valence electrons. The lowest BCUT2D eigenvalue weighted by atomic mass is 9.77. The Morgan fingerprint density at radius 3 is 2.30 bits per heavy atom. The van der Waals surface area contributed by atoms with Crippen LogP contribution in [0.2, 0.25) is 0 Å². The summed E-state index contributed by atoms with van der Waals surface area (Å²) >= 11 is 0. The molecule has 2 nitrogen and oxygen atoms in total. The third kappa shape index (κ3) is 3.24. The molecule has 1 fully saturated rings. The number of hydrogen-bond acceptors (Lipinski definition) is 2. The van der Waals surface area contributed by atoms with Gasteiger partial charge in [-0.3, -0.25) is 4.90 Å². The van der Waals surface area contributed by atoms with Gasteiger partial charge in [-0.15, -0.1) is 0 Å². The standard InChI is InChI=1S/C18H30N2/c1-3-13-18(19,16-11-7-5-8-12-16)17(4-2)20-14-9-6-10-15-20/h5,7-8,11-12,17H,3-4,6,9-10,13-15,19H2,1-2H3. The van der Waals surface area contributed by atoms with Gasteiger partial charge in [-0.25, -0.2) is 0 Å². The van der Waals surface area contributed by atoms with Crippen molar-refractivity contribution in [2.24, 2.45) is 5.73 Å². The van der Waals surface area contributed by atoms with Gasteiger partial charge in [-0.2, -0.15) is 0 Å². The largest absolute Gasteiger partial charge is 0.320 e. The van der Waals surface area contributed by atoms with Crippen LogP contribution in [0.25, 0.3) is 0 Å². The van der Waals surface area contributed by atoms with Crippen LogP contribution in [0, 0.1) is 0 Å². The Bertz CT molecular complexity index is 384. The minimum Gasteiger partial charge on any atom is -0.320 e. The van der Waals surface area contributed by atoms with Crippen molar-refractivity contribution < 1.29 is 0 Å². The molecule has 0 aliphatic carbocycles. The van der Waals surface area contributed by atoms with Gasteiger partial charge in [0.25, 0.3) is 0 Å². The molecule has 1 saturated heterocycles. The third-order valence-corrected chi connectivity index (χ3v) is 4.79. The number of likely N-dealkylation sites (tertiary alicyclic amines) is 1. The maximum absolute atomic E-state index is 6.97. The number of nitrogens with two attached hydrogens (primary N) is 1. The molecule has 2 atom stereocenters. The maximum atomic E-state index is 6.97. The van der Waals surface area contributed by atoms with E-state index < -0.39 is 0 Å². The molecule has 0 spiro atoms. The quantitative estimate of drug-likeness (QED) is 0.852. The average molecular weight is 274 g/mol. The minimum absolute atomic E-state index is 0.206. The van der Waals surface area contributed by atoms with Crippen molar-refractivity contribution in [3.05, 3.63) is 35.9 Å². The highest BCUT2D eigenvalue weighted by Crippen LogP contribution is 2.33. The molecule has 2 heteroatoms. The van der Waals surface area contributed by atoms with E-state index >= 15 is 0 Å². The molecule has 2 N–H and O–H groups in total. The summed E-state index contributed by atoms with van der Waals surface area (Å²) in [6, 6.07) is 11.2. The zero-order chi connectivity index (χ0) is 14.4. The number of piperidine rings is 1. The van der Waals surface area contributed by atoms with Crippen LogP contribution in [0.5, 0.6) is 0 Å². The van der Waals surface area contributed by atoms with Gasteiger partial charge in [0.05, 0.1) is 5.54 Å². The molecule has 20 heavy (non-hydrogen) atoms. The smallest absolute Gasteiger partial charge is 0.0567 e. The van der Waals surface area contributed by atoms with Crippen LogP contribution in [0.3, 0.4) is 0 Å². The lowest BCUT2D eigenvalue weighted by Crippen LogP contribution is -2.57. The van der Waals surface area contributed by atoms with Crippen LogP contribution in [-0.2, 0) is 5.54 Å². The van der Waals surface area contributed by atoms with Crippen LogP contribution in [0.15, 0.2) is 30.3 Å². The Morgan fingerprint density at radius 1 is 1.10 bits per heavy atom. The zero-order valence-electron chi connectivity index (χ0n) is 13.1. The van der Waals surface area contributed by atoms with E-state index in [4.69, 9.17) is 5.73 Å². The summed E-state index contributed by atoms with van der Waals surface area (Å²) in [5.41, 5.74) is 8.07. The van der Waals surface area contributed by atoms with E-state index in [1.54, 1.807) is 0 Å². The second-order valence-electron chi connectivity index (χ2n) is 6.18. The molecular formula is C18H30N2. The predicted molar refractivity (Wildman–Crippen MR) is 86.7 cm³/mol. The second kappa shape index (κ2) is 7.24. The molecule has 2 rings (SSSR count). The number of benzene rings is 1. The maximum Gasteiger partial charge on any atom is 0.0567 e. The van der Waals surface area contributed by atoms with Gasteiger partial charge >= 0.3 is 0 Å². The fraction of sp³-hybridized carbons (Fsp3) is 0.667. The molecule has 0 amide bonds. The molecule has 1 aromatic carbocycles. The summed E-state index contributed by atoms with van der Waals surface area (Å²) < 4.78 is 0. The summed E-state index contributed by atoms with van der Waals surface area (Å²) in [5.74, 6) is 0. The van der Waals surface area contributed by atoms with E-state index in [0.29, 0.717) is 6.04 Å². The summed E-state index contributed by atoms with van der Waals surface area (Å²) in [5, 5.41) is 0. The first-order valence-corrected chi connectivity index (χ1v) is 8.30. The molecule has 0 bridgehead atoms. The van der Waals surface area contributed by atoms with Gasteiger partial charge in [0.2, 0.25) is 0 Å². The summed E-state index contributed by atoms with van der Waals surface area (Å²) in [6.45, 7) is 6.97. The van der Waals surface area contributed by atoms with Crippen molar-refractivity contribution in [1.29, 1.82) is 0 Å². The van der Waals surface area contributed by atoms with Gasteiger partial charge in [0, 0.05) is 6.04 Å². The number of hydrogen-bond donors (Lipinski definition) is 1. The molecular weight excluding hydrogens is 244 g/mol. The van der Waals surface area contributed by atoms with E-state index in [2.05, 4.69) is 49.1 Å². The first kappa shape index (κ1) is 15.5. The highest BCUT2D eigenvalue weighted by Gasteiger charge is 2.38. The van der Waals surface area contributed by atoms with Crippen LogP contribution in [-0.4, -0.2) is 24.0 Å². The Hall–Kier alpha value is -0.860. The summed E-state index contributed by atoms with van der Waals surface area (Å²) in [4.78, 5) is 2.64. The van der Waals surface area contributed by atoms with Gasteiger partial charge in [-0.1, -0.05) is 57.0 Å². The molecule has 2 unspecified atom stereocenters. The Balaban J connectivity index is 2.28. The lowest BCUT2D eigenvalue weighted by molar-refractivity contribution is 0.0869. The van der Waals surface area contributed by atoms with E-state index in [1.165, 1.54) is 37.9 Å². The fourth-order valence-corrected chi connectivity index (χ4v) is 3.84. The normalized spacial score (nSPS) is 21.4. The topological polar surface area (TPSA) is 29.3 Å². The zero-order valence-corrected chi connectivity index (χ0v) is 13.1. The summed E-state index contributed by atoms with van der Waals surface area (Å²) in [7, 11) is 0. The number of rotatable bonds is 6. The van der Waals surface area contributed by atoms with E-state index in [-0.39, 0.29) is 5.54 Å². The van der Waals surface area contributed by atoms with E-state index in [0.717, 1.165) is 19.3 Å². The Kier molecular flexibility index (Phi) is 5.62. The average Bonchev–Trinajstić information content (AvgIpc) is 2.50. The van der Waals surface area contributed by atoms with Crippen LogP contribution in [0.1, 0.15) is 57.9 Å². The second-order valence-corrected chi connectivity index (χ2v) is 6.18. The highest BCUT2D eigenvalue weighted by molar-refractivity contribution is 5.26. The Morgan fingerprint density at radius 2 is 1.75 bits per heavy atom.